The van der Waals surface area contributed by atoms with Crippen LogP contribution in [0.2, 0.25) is 0 Å². The molecule has 3 heterocycles. The number of benzene rings is 1. The third-order valence-electron chi connectivity index (χ3n) is 5.01. The van der Waals surface area contributed by atoms with Crippen LogP contribution in [0.15, 0.2) is 53.7 Å². The van der Waals surface area contributed by atoms with Crippen molar-refractivity contribution in [2.24, 2.45) is 4.99 Å². The highest BCUT2D eigenvalue weighted by atomic mass is 127. The second-order valence-electron chi connectivity index (χ2n) is 7.49. The molecule has 8 heteroatoms. The van der Waals surface area contributed by atoms with E-state index in [-0.39, 0.29) is 30.1 Å². The standard InChI is InChI=1S/C23H28N6O.HI/c1-4-24-23(27-15-20-12-19-7-5-6-8-21(19)30-20)26-14-18-9-10-22(25-13-18)29-17(3)11-16(2)28-29;/h5-11,13,20H,4,12,14-15H2,1-3H3,(H2,24,26,27);1H. The minimum atomic E-state index is 0. The van der Waals surface area contributed by atoms with Crippen molar-refractivity contribution in [2.45, 2.75) is 39.8 Å². The van der Waals surface area contributed by atoms with Crippen LogP contribution in [0.4, 0.5) is 0 Å². The fourth-order valence-electron chi connectivity index (χ4n) is 3.59. The van der Waals surface area contributed by atoms with E-state index in [9.17, 15) is 0 Å². The highest BCUT2D eigenvalue weighted by Gasteiger charge is 2.22. The zero-order chi connectivity index (χ0) is 20.9. The lowest BCUT2D eigenvalue weighted by Gasteiger charge is -2.15. The Bertz CT molecular complexity index is 1010. The maximum Gasteiger partial charge on any atom is 0.191 e. The quantitative estimate of drug-likeness (QED) is 0.289. The number of para-hydroxylation sites is 1. The molecule has 0 saturated heterocycles. The van der Waals surface area contributed by atoms with Crippen LogP contribution in [0.1, 0.15) is 29.4 Å². The van der Waals surface area contributed by atoms with E-state index in [4.69, 9.17) is 9.73 Å². The van der Waals surface area contributed by atoms with Crippen LogP contribution in [0.25, 0.3) is 5.82 Å². The first-order valence-corrected chi connectivity index (χ1v) is 10.4. The molecule has 3 aromatic rings. The van der Waals surface area contributed by atoms with Crippen molar-refractivity contribution in [2.75, 3.05) is 13.1 Å². The molecule has 0 radical (unpaired) electrons. The molecule has 2 aromatic heterocycles. The van der Waals surface area contributed by atoms with Crippen molar-refractivity contribution >= 4 is 29.9 Å². The molecule has 164 valence electrons. The van der Waals surface area contributed by atoms with E-state index < -0.39 is 0 Å². The molecule has 2 N–H and O–H groups in total. The maximum absolute atomic E-state index is 6.00. The van der Waals surface area contributed by atoms with Crippen LogP contribution in [0, 0.1) is 13.8 Å². The Morgan fingerprint density at radius 2 is 2.03 bits per heavy atom. The number of hydrogen-bond acceptors (Lipinski definition) is 4. The molecular weight excluding hydrogens is 503 g/mol. The van der Waals surface area contributed by atoms with E-state index in [0.29, 0.717) is 13.1 Å². The summed E-state index contributed by atoms with van der Waals surface area (Å²) < 4.78 is 7.86. The smallest absolute Gasteiger partial charge is 0.191 e. The summed E-state index contributed by atoms with van der Waals surface area (Å²) in [6, 6.07) is 14.3. The topological polar surface area (TPSA) is 76.4 Å². The molecule has 0 saturated carbocycles. The van der Waals surface area contributed by atoms with Crippen LogP contribution in [0.3, 0.4) is 0 Å². The summed E-state index contributed by atoms with van der Waals surface area (Å²) in [5.74, 6) is 2.58. The summed E-state index contributed by atoms with van der Waals surface area (Å²) in [5, 5.41) is 11.2. The van der Waals surface area contributed by atoms with Gasteiger partial charge < -0.3 is 15.4 Å². The van der Waals surface area contributed by atoms with Crippen molar-refractivity contribution in [1.82, 2.24) is 25.4 Å². The first-order valence-electron chi connectivity index (χ1n) is 10.4. The monoisotopic (exact) mass is 532 g/mol. The van der Waals surface area contributed by atoms with Gasteiger partial charge in [0.2, 0.25) is 0 Å². The summed E-state index contributed by atoms with van der Waals surface area (Å²) in [6.45, 7) is 8.12. The van der Waals surface area contributed by atoms with E-state index in [1.807, 2.05) is 55.1 Å². The van der Waals surface area contributed by atoms with E-state index in [2.05, 4.69) is 39.8 Å². The number of pyridine rings is 1. The van der Waals surface area contributed by atoms with Gasteiger partial charge in [0.05, 0.1) is 18.8 Å². The Morgan fingerprint density at radius 3 is 2.71 bits per heavy atom. The van der Waals surface area contributed by atoms with Crippen LogP contribution in [-0.4, -0.2) is 39.9 Å². The van der Waals surface area contributed by atoms with Gasteiger partial charge in [0, 0.05) is 24.9 Å². The second-order valence-corrected chi connectivity index (χ2v) is 7.49. The molecule has 1 aliphatic heterocycles. The lowest BCUT2D eigenvalue weighted by Crippen LogP contribution is -2.42. The average molecular weight is 532 g/mol. The number of aliphatic imine (C=N–C) groups is 1. The second kappa shape index (κ2) is 10.6. The number of halogens is 1. The summed E-state index contributed by atoms with van der Waals surface area (Å²) in [7, 11) is 0. The Balaban J connectivity index is 0.00000272. The number of nitrogens with zero attached hydrogens (tertiary/aromatic N) is 4. The molecule has 1 atom stereocenters. The average Bonchev–Trinajstić information content (AvgIpc) is 3.32. The van der Waals surface area contributed by atoms with Crippen LogP contribution >= 0.6 is 24.0 Å². The number of guanidine groups is 1. The van der Waals surface area contributed by atoms with Crippen LogP contribution in [0.5, 0.6) is 5.75 Å². The van der Waals surface area contributed by atoms with Gasteiger partial charge in [-0.05, 0) is 50.1 Å². The van der Waals surface area contributed by atoms with E-state index in [1.165, 1.54) is 5.56 Å². The summed E-state index contributed by atoms with van der Waals surface area (Å²) in [6.07, 6.45) is 2.89. The number of aryl methyl sites for hydroxylation is 2. The number of aromatic nitrogens is 3. The first kappa shape index (κ1) is 23.1. The normalized spacial score (nSPS) is 15.1. The number of fused-ring (bicyclic) bond motifs is 1. The molecule has 1 aromatic carbocycles. The van der Waals surface area contributed by atoms with Crippen LogP contribution < -0.4 is 15.4 Å². The predicted octanol–water partition coefficient (Wildman–Crippen LogP) is 3.56. The molecule has 0 spiro atoms. The largest absolute Gasteiger partial charge is 0.488 e. The van der Waals surface area contributed by atoms with Gasteiger partial charge in [0.25, 0.3) is 0 Å². The Morgan fingerprint density at radius 1 is 1.19 bits per heavy atom. The molecule has 0 fully saturated rings. The minimum absolute atomic E-state index is 0. The SMILES string of the molecule is CCNC(=NCc1ccc(-n2nc(C)cc2C)nc1)NCC1Cc2ccccc2O1.I. The first-order chi connectivity index (χ1) is 14.6. The zero-order valence-corrected chi connectivity index (χ0v) is 20.5. The van der Waals surface area contributed by atoms with Gasteiger partial charge in [-0.2, -0.15) is 5.10 Å². The number of rotatable bonds is 6. The third-order valence-corrected chi connectivity index (χ3v) is 5.01. The van der Waals surface area contributed by atoms with E-state index in [1.54, 1.807) is 0 Å². The van der Waals surface area contributed by atoms with Gasteiger partial charge in [-0.15, -0.1) is 24.0 Å². The summed E-state index contributed by atoms with van der Waals surface area (Å²) in [5.41, 5.74) is 4.36. The molecular formula is C23H29IN6O. The third kappa shape index (κ3) is 5.75. The molecule has 31 heavy (non-hydrogen) atoms. The number of hydrogen-bond donors (Lipinski definition) is 2. The Labute approximate surface area is 200 Å². The molecule has 4 rings (SSSR count). The molecule has 7 nitrogen and oxygen atoms in total. The minimum Gasteiger partial charge on any atom is -0.488 e. The van der Waals surface area contributed by atoms with Gasteiger partial charge in [0.15, 0.2) is 11.8 Å². The van der Waals surface area contributed by atoms with Crippen molar-refractivity contribution in [1.29, 1.82) is 0 Å². The van der Waals surface area contributed by atoms with Gasteiger partial charge >= 0.3 is 0 Å². The number of ether oxygens (including phenoxy) is 1. The van der Waals surface area contributed by atoms with Crippen molar-refractivity contribution in [3.8, 4) is 11.6 Å². The fourth-order valence-corrected chi connectivity index (χ4v) is 3.59. The molecule has 0 bridgehead atoms. The van der Waals surface area contributed by atoms with Crippen LogP contribution in [-0.2, 0) is 13.0 Å². The van der Waals surface area contributed by atoms with Gasteiger partial charge in [0.1, 0.15) is 11.9 Å². The Kier molecular flexibility index (Phi) is 7.89. The van der Waals surface area contributed by atoms with Gasteiger partial charge in [-0.25, -0.2) is 14.7 Å². The lowest BCUT2D eigenvalue weighted by atomic mass is 10.1. The van der Waals surface area contributed by atoms with Crippen molar-refractivity contribution in [3.05, 3.63) is 71.2 Å². The lowest BCUT2D eigenvalue weighted by molar-refractivity contribution is 0.235. The summed E-state index contributed by atoms with van der Waals surface area (Å²) in [4.78, 5) is 9.24. The molecule has 0 amide bonds. The fraction of sp³-hybridized carbons (Fsp3) is 0.348. The Hall–Kier alpha value is -2.62. The van der Waals surface area contributed by atoms with E-state index in [0.717, 1.165) is 47.4 Å². The van der Waals surface area contributed by atoms with Crippen molar-refractivity contribution in [3.63, 3.8) is 0 Å². The summed E-state index contributed by atoms with van der Waals surface area (Å²) >= 11 is 0. The highest BCUT2D eigenvalue weighted by Crippen LogP contribution is 2.27. The van der Waals surface area contributed by atoms with Gasteiger partial charge in [-0.3, -0.25) is 0 Å². The molecule has 0 aliphatic carbocycles. The highest BCUT2D eigenvalue weighted by molar-refractivity contribution is 14.0. The van der Waals surface area contributed by atoms with Gasteiger partial charge in [-0.1, -0.05) is 24.3 Å². The maximum atomic E-state index is 6.00. The van der Waals surface area contributed by atoms with Crippen molar-refractivity contribution < 1.29 is 4.74 Å². The van der Waals surface area contributed by atoms with E-state index >= 15 is 0 Å². The molecule has 1 aliphatic rings. The molecule has 1 unspecified atom stereocenters. The predicted molar refractivity (Wildman–Crippen MR) is 134 cm³/mol. The zero-order valence-electron chi connectivity index (χ0n) is 18.1. The number of nitrogens with one attached hydrogen (secondary N) is 2.